The molecule has 0 rings (SSSR count). The average molecular weight is 140 g/mol. The maximum atomic E-state index is 4.87. The van der Waals surface area contributed by atoms with Crippen molar-refractivity contribution >= 4 is 8.05 Å². The van der Waals surface area contributed by atoms with E-state index in [1.54, 1.807) is 0 Å². The molecule has 0 aliphatic carbocycles. The van der Waals surface area contributed by atoms with Crippen LogP contribution >= 0.6 is 0 Å². The monoisotopic (exact) mass is 140 g/mol. The minimum Gasteiger partial charge on any atom is -0.448 e. The third kappa shape index (κ3) is 8.02. The van der Waals surface area contributed by atoms with Crippen LogP contribution in [0, 0.1) is 0 Å². The van der Waals surface area contributed by atoms with Crippen molar-refractivity contribution in [2.75, 3.05) is 6.61 Å². The Hall–Kier alpha value is 0.0249. The molecule has 0 amide bonds. The van der Waals surface area contributed by atoms with E-state index in [-0.39, 0.29) is 0 Å². The summed E-state index contributed by atoms with van der Waals surface area (Å²) in [6.07, 6.45) is 7.74. The van der Waals surface area contributed by atoms with Gasteiger partial charge in [-0.1, -0.05) is 39.0 Å². The highest BCUT2D eigenvalue weighted by atomic mass is 16.4. The van der Waals surface area contributed by atoms with Crippen molar-refractivity contribution < 1.29 is 4.65 Å². The molecule has 0 aliphatic heterocycles. The molecule has 58 valence electrons. The zero-order valence-electron chi connectivity index (χ0n) is 6.94. The van der Waals surface area contributed by atoms with Gasteiger partial charge in [-0.3, -0.25) is 0 Å². The van der Waals surface area contributed by atoms with Gasteiger partial charge in [0.25, 0.3) is 8.05 Å². The van der Waals surface area contributed by atoms with E-state index in [9.17, 15) is 0 Å². The van der Waals surface area contributed by atoms with Crippen LogP contribution in [-0.4, -0.2) is 14.7 Å². The molecule has 0 aromatic rings. The Bertz CT molecular complexity index is 49.2. The predicted molar refractivity (Wildman–Crippen MR) is 45.1 cm³/mol. The van der Waals surface area contributed by atoms with Gasteiger partial charge in [-0.2, -0.15) is 0 Å². The van der Waals surface area contributed by atoms with E-state index in [1.165, 1.54) is 32.1 Å². The van der Waals surface area contributed by atoms with Gasteiger partial charge >= 0.3 is 0 Å². The molecular weight excluding hydrogens is 123 g/mol. The summed E-state index contributed by atoms with van der Waals surface area (Å²) in [4.78, 5) is 0. The Kier molecular flexibility index (Phi) is 9.05. The highest BCUT2D eigenvalue weighted by Crippen LogP contribution is 2.04. The zero-order chi connectivity index (χ0) is 7.66. The fraction of sp³-hybridized carbons (Fsp3) is 1.00. The third-order valence-corrected chi connectivity index (χ3v) is 1.62. The van der Waals surface area contributed by atoms with Crippen molar-refractivity contribution in [3.05, 3.63) is 0 Å². The molecule has 0 fully saturated rings. The standard InChI is InChI=1S/C8H17BO/c1-2-3-4-5-6-7-8-10-9/h2-8H2,1H3. The number of hydrogen-bond donors (Lipinski definition) is 0. The lowest BCUT2D eigenvalue weighted by Gasteiger charge is -1.98. The van der Waals surface area contributed by atoms with Crippen molar-refractivity contribution in [2.24, 2.45) is 0 Å². The normalized spacial score (nSPS) is 10.1. The second kappa shape index (κ2) is 9.02. The Labute approximate surface area is 65.6 Å². The van der Waals surface area contributed by atoms with Crippen LogP contribution in [0.15, 0.2) is 0 Å². The lowest BCUT2D eigenvalue weighted by atomic mass is 10.1. The van der Waals surface area contributed by atoms with Gasteiger partial charge in [0.1, 0.15) is 0 Å². The van der Waals surface area contributed by atoms with Crippen LogP contribution in [0.1, 0.15) is 45.4 Å². The van der Waals surface area contributed by atoms with Gasteiger partial charge in [-0.25, -0.2) is 0 Å². The summed E-state index contributed by atoms with van der Waals surface area (Å²) >= 11 is 0. The highest BCUT2D eigenvalue weighted by Gasteiger charge is 1.87. The smallest absolute Gasteiger partial charge is 0.282 e. The Morgan fingerprint density at radius 1 is 1.00 bits per heavy atom. The van der Waals surface area contributed by atoms with Crippen LogP contribution in [-0.2, 0) is 4.65 Å². The molecule has 0 unspecified atom stereocenters. The van der Waals surface area contributed by atoms with Crippen LogP contribution in [0.2, 0.25) is 0 Å². The lowest BCUT2D eigenvalue weighted by molar-refractivity contribution is 0.333. The molecule has 0 aromatic heterocycles. The summed E-state index contributed by atoms with van der Waals surface area (Å²) in [5.41, 5.74) is 0. The lowest BCUT2D eigenvalue weighted by Crippen LogP contribution is -1.89. The van der Waals surface area contributed by atoms with E-state index in [1.807, 2.05) is 0 Å². The van der Waals surface area contributed by atoms with Gasteiger partial charge in [-0.05, 0) is 6.42 Å². The van der Waals surface area contributed by atoms with Crippen LogP contribution in [0.25, 0.3) is 0 Å². The first kappa shape index (κ1) is 10.0. The van der Waals surface area contributed by atoms with Gasteiger partial charge in [-0.15, -0.1) is 0 Å². The molecule has 0 atom stereocenters. The first-order valence-corrected chi connectivity index (χ1v) is 4.23. The second-order valence-electron chi connectivity index (χ2n) is 2.64. The first-order chi connectivity index (χ1) is 4.91. The summed E-state index contributed by atoms with van der Waals surface area (Å²) in [6.45, 7) is 2.94. The van der Waals surface area contributed by atoms with Crippen molar-refractivity contribution in [1.82, 2.24) is 0 Å². The fourth-order valence-corrected chi connectivity index (χ4v) is 0.966. The Morgan fingerprint density at radius 3 is 2.20 bits per heavy atom. The molecule has 0 N–H and O–H groups in total. The van der Waals surface area contributed by atoms with Crippen molar-refractivity contribution in [3.8, 4) is 0 Å². The summed E-state index contributed by atoms with van der Waals surface area (Å²) in [5.74, 6) is 0. The zero-order valence-corrected chi connectivity index (χ0v) is 6.94. The molecule has 1 nitrogen and oxygen atoms in total. The second-order valence-corrected chi connectivity index (χ2v) is 2.64. The van der Waals surface area contributed by atoms with E-state index < -0.39 is 0 Å². The van der Waals surface area contributed by atoms with E-state index in [0.29, 0.717) is 6.61 Å². The summed E-state index contributed by atoms with van der Waals surface area (Å²) in [6, 6.07) is 0. The molecule has 0 bridgehead atoms. The van der Waals surface area contributed by atoms with E-state index in [2.05, 4.69) is 11.6 Å². The van der Waals surface area contributed by atoms with Gasteiger partial charge in [0.2, 0.25) is 0 Å². The largest absolute Gasteiger partial charge is 0.448 e. The minimum atomic E-state index is 0.714. The Balaban J connectivity index is 2.65. The molecule has 0 saturated heterocycles. The number of hydrogen-bond acceptors (Lipinski definition) is 1. The maximum Gasteiger partial charge on any atom is 0.282 e. The Morgan fingerprint density at radius 2 is 1.60 bits per heavy atom. The van der Waals surface area contributed by atoms with Crippen molar-refractivity contribution in [1.29, 1.82) is 0 Å². The average Bonchev–Trinajstić information content (AvgIpc) is 1.97. The van der Waals surface area contributed by atoms with Crippen molar-refractivity contribution in [3.63, 3.8) is 0 Å². The molecule has 0 spiro atoms. The van der Waals surface area contributed by atoms with Gasteiger partial charge in [0.05, 0.1) is 0 Å². The molecule has 0 heterocycles. The summed E-state index contributed by atoms with van der Waals surface area (Å²) in [7, 11) is 4.87. The minimum absolute atomic E-state index is 0.714. The maximum absolute atomic E-state index is 4.87. The van der Waals surface area contributed by atoms with Crippen LogP contribution in [0.4, 0.5) is 0 Å². The van der Waals surface area contributed by atoms with Gasteiger partial charge in [0, 0.05) is 6.61 Å². The summed E-state index contributed by atoms with van der Waals surface area (Å²) in [5, 5.41) is 0. The molecule has 0 aromatic carbocycles. The number of unbranched alkanes of at least 4 members (excludes halogenated alkanes) is 5. The van der Waals surface area contributed by atoms with Crippen LogP contribution < -0.4 is 0 Å². The van der Waals surface area contributed by atoms with E-state index >= 15 is 0 Å². The molecular formula is C8H17BO. The third-order valence-electron chi connectivity index (χ3n) is 1.62. The van der Waals surface area contributed by atoms with Crippen LogP contribution in [0.5, 0.6) is 0 Å². The van der Waals surface area contributed by atoms with Crippen molar-refractivity contribution in [2.45, 2.75) is 45.4 Å². The van der Waals surface area contributed by atoms with Crippen LogP contribution in [0.3, 0.4) is 0 Å². The molecule has 0 saturated carbocycles. The van der Waals surface area contributed by atoms with Gasteiger partial charge in [0.15, 0.2) is 0 Å². The van der Waals surface area contributed by atoms with Gasteiger partial charge < -0.3 is 4.65 Å². The first-order valence-electron chi connectivity index (χ1n) is 4.23. The molecule has 10 heavy (non-hydrogen) atoms. The predicted octanol–water partition coefficient (Wildman–Crippen LogP) is 2.45. The van der Waals surface area contributed by atoms with E-state index in [0.717, 1.165) is 6.42 Å². The highest BCUT2D eigenvalue weighted by molar-refractivity contribution is 5.97. The summed E-state index contributed by atoms with van der Waals surface area (Å²) < 4.78 is 4.45. The molecule has 2 heteroatoms. The van der Waals surface area contributed by atoms with E-state index in [4.69, 9.17) is 8.05 Å². The SMILES string of the molecule is [B]OCCCCCCCC. The molecule has 2 radical (unpaired) electrons. The quantitative estimate of drug-likeness (QED) is 0.389. The molecule has 0 aliphatic rings. The number of rotatable bonds is 7. The fourth-order valence-electron chi connectivity index (χ4n) is 0.966. The topological polar surface area (TPSA) is 9.23 Å².